The zero-order valence-corrected chi connectivity index (χ0v) is 12.1. The summed E-state index contributed by atoms with van der Waals surface area (Å²) in [5, 5.41) is 1.63. The van der Waals surface area contributed by atoms with Gasteiger partial charge < -0.3 is 0 Å². The minimum Gasteiger partial charge on any atom is -0.272 e. The standard InChI is InChI=1S/C15H27NO2/c1-15(2,3)13-8-6-12(7-9-13)14(17)16-10-4-5-11-18-16/h12-13H,4-11H2,1-3H3. The van der Waals surface area contributed by atoms with E-state index >= 15 is 0 Å². The van der Waals surface area contributed by atoms with Crippen LogP contribution in [0.4, 0.5) is 0 Å². The largest absolute Gasteiger partial charge is 0.272 e. The first kappa shape index (κ1) is 13.9. The van der Waals surface area contributed by atoms with Crippen LogP contribution in [0.3, 0.4) is 0 Å². The SMILES string of the molecule is CC(C)(C)C1CCC(C(=O)N2CCCCO2)CC1. The molecule has 0 unspecified atom stereocenters. The van der Waals surface area contributed by atoms with Crippen LogP contribution >= 0.6 is 0 Å². The Kier molecular flexibility index (Phi) is 4.31. The molecule has 0 N–H and O–H groups in total. The number of rotatable bonds is 1. The molecule has 0 aromatic carbocycles. The van der Waals surface area contributed by atoms with Gasteiger partial charge in [-0.2, -0.15) is 0 Å². The zero-order valence-electron chi connectivity index (χ0n) is 12.1. The van der Waals surface area contributed by atoms with Gasteiger partial charge in [0, 0.05) is 12.5 Å². The molecule has 1 aliphatic carbocycles. The second kappa shape index (κ2) is 5.60. The Morgan fingerprint density at radius 2 is 1.78 bits per heavy atom. The van der Waals surface area contributed by atoms with E-state index in [0.29, 0.717) is 12.0 Å². The highest BCUT2D eigenvalue weighted by atomic mass is 16.7. The number of carbonyl (C=O) groups excluding carboxylic acids is 1. The smallest absolute Gasteiger partial charge is 0.249 e. The van der Waals surface area contributed by atoms with Crippen molar-refractivity contribution in [1.82, 2.24) is 5.06 Å². The van der Waals surface area contributed by atoms with Gasteiger partial charge in [0.25, 0.3) is 0 Å². The Bertz CT molecular complexity index is 281. The van der Waals surface area contributed by atoms with Gasteiger partial charge in [0.05, 0.1) is 6.61 Å². The topological polar surface area (TPSA) is 29.5 Å². The fraction of sp³-hybridized carbons (Fsp3) is 0.933. The molecule has 0 bridgehead atoms. The first-order valence-electron chi connectivity index (χ1n) is 7.43. The Hall–Kier alpha value is -0.570. The minimum atomic E-state index is 0.210. The third-order valence-electron chi connectivity index (χ3n) is 4.55. The molecule has 1 saturated carbocycles. The first-order chi connectivity index (χ1) is 8.48. The van der Waals surface area contributed by atoms with Gasteiger partial charge in [0.2, 0.25) is 5.91 Å². The minimum absolute atomic E-state index is 0.210. The van der Waals surface area contributed by atoms with E-state index in [1.54, 1.807) is 5.06 Å². The van der Waals surface area contributed by atoms with Crippen molar-refractivity contribution in [1.29, 1.82) is 0 Å². The van der Waals surface area contributed by atoms with Crippen LogP contribution in [-0.2, 0) is 9.63 Å². The predicted octanol–water partition coefficient (Wildman–Crippen LogP) is 3.39. The van der Waals surface area contributed by atoms with Crippen LogP contribution in [0.25, 0.3) is 0 Å². The van der Waals surface area contributed by atoms with E-state index in [1.165, 1.54) is 12.8 Å². The molecule has 1 saturated heterocycles. The molecule has 104 valence electrons. The maximum absolute atomic E-state index is 12.3. The van der Waals surface area contributed by atoms with Gasteiger partial charge >= 0.3 is 0 Å². The van der Waals surface area contributed by atoms with Crippen LogP contribution in [0.5, 0.6) is 0 Å². The molecule has 1 amide bonds. The number of hydrogen-bond donors (Lipinski definition) is 0. The van der Waals surface area contributed by atoms with E-state index < -0.39 is 0 Å². The summed E-state index contributed by atoms with van der Waals surface area (Å²) in [6.07, 6.45) is 6.63. The average molecular weight is 253 g/mol. The third kappa shape index (κ3) is 3.25. The second-order valence-corrected chi connectivity index (χ2v) is 6.90. The van der Waals surface area contributed by atoms with Gasteiger partial charge in [-0.05, 0) is 49.9 Å². The van der Waals surface area contributed by atoms with Gasteiger partial charge in [-0.15, -0.1) is 0 Å². The summed E-state index contributed by atoms with van der Waals surface area (Å²) in [6.45, 7) is 8.44. The fourth-order valence-electron chi connectivity index (χ4n) is 3.18. The molecule has 2 rings (SSSR count). The molecule has 18 heavy (non-hydrogen) atoms. The van der Waals surface area contributed by atoms with E-state index in [2.05, 4.69) is 20.8 Å². The van der Waals surface area contributed by atoms with Crippen molar-refractivity contribution in [3.8, 4) is 0 Å². The molecule has 2 fully saturated rings. The fourth-order valence-corrected chi connectivity index (χ4v) is 3.18. The van der Waals surface area contributed by atoms with Crippen molar-refractivity contribution in [2.24, 2.45) is 17.3 Å². The monoisotopic (exact) mass is 253 g/mol. The van der Waals surface area contributed by atoms with Gasteiger partial charge in [0.1, 0.15) is 0 Å². The molecule has 2 aliphatic rings. The van der Waals surface area contributed by atoms with Crippen LogP contribution in [-0.4, -0.2) is 24.1 Å². The van der Waals surface area contributed by atoms with Crippen molar-refractivity contribution < 1.29 is 9.63 Å². The van der Waals surface area contributed by atoms with Crippen LogP contribution in [0.1, 0.15) is 59.3 Å². The van der Waals surface area contributed by atoms with Gasteiger partial charge in [-0.3, -0.25) is 9.63 Å². The highest BCUT2D eigenvalue weighted by Crippen LogP contribution is 2.40. The lowest BCUT2D eigenvalue weighted by atomic mass is 9.69. The third-order valence-corrected chi connectivity index (χ3v) is 4.55. The van der Waals surface area contributed by atoms with E-state index in [4.69, 9.17) is 4.84 Å². The maximum atomic E-state index is 12.3. The van der Waals surface area contributed by atoms with Crippen LogP contribution in [0.2, 0.25) is 0 Å². The normalized spacial score (nSPS) is 30.3. The molecule has 0 spiro atoms. The van der Waals surface area contributed by atoms with Gasteiger partial charge in [-0.1, -0.05) is 20.8 Å². The molecule has 1 aliphatic heterocycles. The quantitative estimate of drug-likeness (QED) is 0.717. The number of hydrogen-bond acceptors (Lipinski definition) is 2. The predicted molar refractivity (Wildman–Crippen MR) is 71.8 cm³/mol. The Balaban J connectivity index is 1.83. The zero-order chi connectivity index (χ0) is 13.2. The highest BCUT2D eigenvalue weighted by Gasteiger charge is 2.34. The second-order valence-electron chi connectivity index (χ2n) is 6.90. The summed E-state index contributed by atoms with van der Waals surface area (Å²) >= 11 is 0. The van der Waals surface area contributed by atoms with Crippen LogP contribution < -0.4 is 0 Å². The molecule has 0 aromatic rings. The lowest BCUT2D eigenvalue weighted by molar-refractivity contribution is -0.202. The van der Waals surface area contributed by atoms with Crippen molar-refractivity contribution >= 4 is 5.91 Å². The molecular weight excluding hydrogens is 226 g/mol. The lowest BCUT2D eigenvalue weighted by Crippen LogP contribution is -2.41. The van der Waals surface area contributed by atoms with Crippen molar-refractivity contribution in [2.75, 3.05) is 13.2 Å². The Morgan fingerprint density at radius 3 is 2.28 bits per heavy atom. The van der Waals surface area contributed by atoms with Gasteiger partial charge in [-0.25, -0.2) is 5.06 Å². The summed E-state index contributed by atoms with van der Waals surface area (Å²) in [4.78, 5) is 17.8. The molecule has 0 aromatic heterocycles. The van der Waals surface area contributed by atoms with Gasteiger partial charge in [0.15, 0.2) is 0 Å². The van der Waals surface area contributed by atoms with E-state index in [1.807, 2.05) is 0 Å². The van der Waals surface area contributed by atoms with E-state index in [9.17, 15) is 4.79 Å². The summed E-state index contributed by atoms with van der Waals surface area (Å²) in [6, 6.07) is 0. The maximum Gasteiger partial charge on any atom is 0.249 e. The van der Waals surface area contributed by atoms with Crippen LogP contribution in [0.15, 0.2) is 0 Å². The molecule has 0 atom stereocenters. The van der Waals surface area contributed by atoms with E-state index in [-0.39, 0.29) is 11.8 Å². The average Bonchev–Trinajstić information content (AvgIpc) is 2.38. The van der Waals surface area contributed by atoms with Crippen molar-refractivity contribution in [3.05, 3.63) is 0 Å². The number of nitrogens with zero attached hydrogens (tertiary/aromatic N) is 1. The van der Waals surface area contributed by atoms with Crippen molar-refractivity contribution in [3.63, 3.8) is 0 Å². The summed E-state index contributed by atoms with van der Waals surface area (Å²) in [7, 11) is 0. The lowest BCUT2D eigenvalue weighted by Gasteiger charge is -2.38. The van der Waals surface area contributed by atoms with E-state index in [0.717, 1.165) is 38.1 Å². The Morgan fingerprint density at radius 1 is 1.11 bits per heavy atom. The number of carbonyl (C=O) groups is 1. The molecule has 3 heteroatoms. The molecule has 0 radical (unpaired) electrons. The molecular formula is C15H27NO2. The highest BCUT2D eigenvalue weighted by molar-refractivity contribution is 5.77. The number of amides is 1. The first-order valence-corrected chi connectivity index (χ1v) is 7.43. The molecule has 1 heterocycles. The summed E-state index contributed by atoms with van der Waals surface area (Å²) < 4.78 is 0. The Labute approximate surface area is 111 Å². The van der Waals surface area contributed by atoms with Crippen LogP contribution in [0, 0.1) is 17.3 Å². The molecule has 3 nitrogen and oxygen atoms in total. The van der Waals surface area contributed by atoms with Crippen molar-refractivity contribution in [2.45, 2.75) is 59.3 Å². The summed E-state index contributed by atoms with van der Waals surface area (Å²) in [5.74, 6) is 1.22. The number of hydroxylamine groups is 2. The summed E-state index contributed by atoms with van der Waals surface area (Å²) in [5.41, 5.74) is 0.385.